The third-order valence-corrected chi connectivity index (χ3v) is 9.74. The number of para-hydroxylation sites is 1. The predicted molar refractivity (Wildman–Crippen MR) is 180 cm³/mol. The third kappa shape index (κ3) is 7.71. The van der Waals surface area contributed by atoms with Gasteiger partial charge in [-0.3, -0.25) is 9.59 Å². The lowest BCUT2D eigenvalue weighted by Crippen LogP contribution is -2.57. The number of benzene rings is 3. The molecule has 0 saturated carbocycles. The number of hydrogen-bond acceptors (Lipinski definition) is 4. The number of allylic oxidation sites excluding steroid dienone is 2. The quantitative estimate of drug-likeness (QED) is 0.336. The van der Waals surface area contributed by atoms with Crippen LogP contribution in [0.3, 0.4) is 0 Å². The van der Waals surface area contributed by atoms with Gasteiger partial charge in [0, 0.05) is 60.8 Å². The van der Waals surface area contributed by atoms with Crippen LogP contribution in [-0.4, -0.2) is 55.5 Å². The molecule has 0 radical (unpaired) electrons. The molecule has 45 heavy (non-hydrogen) atoms. The molecule has 3 aliphatic rings. The van der Waals surface area contributed by atoms with Crippen molar-refractivity contribution in [3.63, 3.8) is 0 Å². The second kappa shape index (κ2) is 14.4. The number of halogens is 3. The molecular formula is C36H41Cl2FN4O2. The van der Waals surface area contributed by atoms with Crippen molar-refractivity contribution in [3.05, 3.63) is 111 Å². The first-order valence-electron chi connectivity index (χ1n) is 15.5. The van der Waals surface area contributed by atoms with Gasteiger partial charge >= 0.3 is 0 Å². The summed E-state index contributed by atoms with van der Waals surface area (Å²) in [6, 6.07) is 19.4. The SMILES string of the molecule is C/C=C(\C)Cl.CN1CC2(CCN(C(=O)[C@@H](Cc3ccc(Cl)cc3)NC(=O)[C@@H]3Cc4cc(F)ccc4CN3)CC2)c2ccccc21. The van der Waals surface area contributed by atoms with Gasteiger partial charge in [0.05, 0.1) is 6.04 Å². The van der Waals surface area contributed by atoms with Gasteiger partial charge in [-0.25, -0.2) is 4.39 Å². The van der Waals surface area contributed by atoms with Gasteiger partial charge in [-0.15, -0.1) is 0 Å². The molecule has 238 valence electrons. The number of fused-ring (bicyclic) bond motifs is 3. The Balaban J connectivity index is 0.000000743. The Morgan fingerprint density at radius 3 is 2.47 bits per heavy atom. The topological polar surface area (TPSA) is 64.7 Å². The van der Waals surface area contributed by atoms with Gasteiger partial charge in [0.25, 0.3) is 0 Å². The molecule has 0 unspecified atom stereocenters. The molecule has 1 spiro atoms. The van der Waals surface area contributed by atoms with Crippen LogP contribution < -0.4 is 15.5 Å². The fraction of sp³-hybridized carbons (Fsp3) is 0.389. The van der Waals surface area contributed by atoms with E-state index >= 15 is 0 Å². The molecule has 3 aromatic rings. The summed E-state index contributed by atoms with van der Waals surface area (Å²) in [6.07, 6.45) is 4.36. The molecule has 6 nitrogen and oxygen atoms in total. The molecule has 1 fully saturated rings. The van der Waals surface area contributed by atoms with Gasteiger partial charge in [0.1, 0.15) is 11.9 Å². The minimum Gasteiger partial charge on any atom is -0.373 e. The summed E-state index contributed by atoms with van der Waals surface area (Å²) in [4.78, 5) is 31.6. The first-order valence-corrected chi connectivity index (χ1v) is 16.3. The van der Waals surface area contributed by atoms with Crippen molar-refractivity contribution in [1.29, 1.82) is 0 Å². The van der Waals surface area contributed by atoms with Crippen molar-refractivity contribution in [1.82, 2.24) is 15.5 Å². The van der Waals surface area contributed by atoms with E-state index in [1.165, 1.54) is 23.4 Å². The molecule has 2 amide bonds. The summed E-state index contributed by atoms with van der Waals surface area (Å²) < 4.78 is 13.8. The molecule has 6 rings (SSSR count). The summed E-state index contributed by atoms with van der Waals surface area (Å²) in [5.74, 6) is -0.628. The van der Waals surface area contributed by atoms with Crippen LogP contribution in [0, 0.1) is 5.82 Å². The van der Waals surface area contributed by atoms with Crippen molar-refractivity contribution in [2.75, 3.05) is 31.6 Å². The highest BCUT2D eigenvalue weighted by molar-refractivity contribution is 6.30. The number of amides is 2. The van der Waals surface area contributed by atoms with E-state index < -0.39 is 12.1 Å². The number of carbonyl (C=O) groups excluding carboxylic acids is 2. The number of nitrogens with zero attached hydrogens (tertiary/aromatic N) is 2. The van der Waals surface area contributed by atoms with E-state index in [-0.39, 0.29) is 23.0 Å². The summed E-state index contributed by atoms with van der Waals surface area (Å²) in [5.41, 5.74) is 5.42. The van der Waals surface area contributed by atoms with E-state index in [4.69, 9.17) is 23.2 Å². The van der Waals surface area contributed by atoms with Gasteiger partial charge in [0.15, 0.2) is 0 Å². The maximum Gasteiger partial charge on any atom is 0.245 e. The molecule has 1 saturated heterocycles. The third-order valence-electron chi connectivity index (χ3n) is 9.27. The summed E-state index contributed by atoms with van der Waals surface area (Å²) >= 11 is 11.4. The Morgan fingerprint density at radius 1 is 1.09 bits per heavy atom. The Kier molecular flexibility index (Phi) is 10.5. The smallest absolute Gasteiger partial charge is 0.245 e. The molecule has 3 aromatic carbocycles. The highest BCUT2D eigenvalue weighted by atomic mass is 35.5. The number of hydrogen-bond donors (Lipinski definition) is 2. The Labute approximate surface area is 275 Å². The number of anilines is 1. The largest absolute Gasteiger partial charge is 0.373 e. The van der Waals surface area contributed by atoms with Gasteiger partial charge in [0.2, 0.25) is 11.8 Å². The van der Waals surface area contributed by atoms with E-state index in [9.17, 15) is 14.0 Å². The van der Waals surface area contributed by atoms with Gasteiger partial charge in [-0.05, 0) is 85.7 Å². The van der Waals surface area contributed by atoms with Crippen molar-refractivity contribution >= 4 is 40.7 Å². The molecular weight excluding hydrogens is 610 g/mol. The molecule has 3 heterocycles. The Hall–Kier alpha value is -3.39. The van der Waals surface area contributed by atoms with Crippen molar-refractivity contribution in [2.24, 2.45) is 0 Å². The van der Waals surface area contributed by atoms with Crippen LogP contribution in [-0.2, 0) is 34.4 Å². The zero-order valence-corrected chi connectivity index (χ0v) is 27.6. The first-order chi connectivity index (χ1) is 21.6. The highest BCUT2D eigenvalue weighted by Crippen LogP contribution is 2.46. The van der Waals surface area contributed by atoms with E-state index in [0.29, 0.717) is 37.5 Å². The Bertz CT molecular complexity index is 1550. The van der Waals surface area contributed by atoms with E-state index in [2.05, 4.69) is 46.8 Å². The molecule has 9 heteroatoms. The Morgan fingerprint density at radius 2 is 1.78 bits per heavy atom. The molecule has 0 bridgehead atoms. The first kappa shape index (κ1) is 33.0. The molecule has 0 aliphatic carbocycles. The highest BCUT2D eigenvalue weighted by Gasteiger charge is 2.45. The van der Waals surface area contributed by atoms with Crippen molar-refractivity contribution < 1.29 is 14.0 Å². The van der Waals surface area contributed by atoms with Crippen LogP contribution in [0.15, 0.2) is 77.8 Å². The maximum absolute atomic E-state index is 13.9. The number of likely N-dealkylation sites (N-methyl/N-ethyl adjacent to an activating group) is 1. The number of rotatable bonds is 5. The molecule has 3 aliphatic heterocycles. The standard InChI is InChI=1S/C32H34ClFN4O2.C4H7Cl/c1-37-20-32(26-4-2-3-5-29(26)37)12-14-38(15-13-32)31(40)28(16-21-6-9-24(33)10-7-21)36-30(39)27-18-23-17-25(34)11-8-22(23)19-35-27;1-3-4(2)5/h2-11,17,27-28,35H,12-16,18-20H2,1H3,(H,36,39);3H,1-2H3/b;4-3+/t27-,28+;/m0./s1. The normalized spacial score (nSPS) is 19.2. The van der Waals surface area contributed by atoms with E-state index in [1.54, 1.807) is 18.2 Å². The lowest BCUT2D eigenvalue weighted by molar-refractivity contribution is -0.138. The van der Waals surface area contributed by atoms with E-state index in [0.717, 1.165) is 41.1 Å². The number of carbonyl (C=O) groups is 2. The van der Waals surface area contributed by atoms with Crippen LogP contribution in [0.2, 0.25) is 5.02 Å². The maximum atomic E-state index is 13.9. The van der Waals surface area contributed by atoms with Crippen molar-refractivity contribution in [3.8, 4) is 0 Å². The molecule has 2 atom stereocenters. The van der Waals surface area contributed by atoms with Crippen molar-refractivity contribution in [2.45, 2.75) is 63.6 Å². The number of likely N-dealkylation sites (tertiary alicyclic amines) is 1. The van der Waals surface area contributed by atoms with Gasteiger partial charge in [-0.2, -0.15) is 0 Å². The number of piperidine rings is 1. The fourth-order valence-electron chi connectivity index (χ4n) is 6.68. The second-order valence-corrected chi connectivity index (χ2v) is 13.3. The summed E-state index contributed by atoms with van der Waals surface area (Å²) in [6.45, 7) is 6.47. The number of nitrogens with one attached hydrogen (secondary N) is 2. The summed E-state index contributed by atoms with van der Waals surface area (Å²) in [7, 11) is 2.13. The van der Waals surface area contributed by atoms with Crippen LogP contribution in [0.25, 0.3) is 0 Å². The fourth-order valence-corrected chi connectivity index (χ4v) is 6.80. The zero-order chi connectivity index (χ0) is 32.1. The van der Waals surface area contributed by atoms with Gasteiger partial charge < -0.3 is 20.4 Å². The average molecular weight is 652 g/mol. The van der Waals surface area contributed by atoms with Crippen LogP contribution in [0.4, 0.5) is 10.1 Å². The lowest BCUT2D eigenvalue weighted by atomic mass is 9.74. The lowest BCUT2D eigenvalue weighted by Gasteiger charge is -2.41. The molecule has 0 aromatic heterocycles. The second-order valence-electron chi connectivity index (χ2n) is 12.3. The molecule has 2 N–H and O–H groups in total. The van der Waals surface area contributed by atoms with Crippen LogP contribution >= 0.6 is 23.2 Å². The minimum absolute atomic E-state index is 0.0474. The minimum atomic E-state index is -0.711. The van der Waals surface area contributed by atoms with Gasteiger partial charge in [-0.1, -0.05) is 65.7 Å². The van der Waals surface area contributed by atoms with E-state index in [1.807, 2.05) is 37.0 Å². The monoisotopic (exact) mass is 650 g/mol. The van der Waals surface area contributed by atoms with Crippen LogP contribution in [0.1, 0.15) is 48.9 Å². The van der Waals surface area contributed by atoms with Crippen LogP contribution in [0.5, 0.6) is 0 Å². The summed E-state index contributed by atoms with van der Waals surface area (Å²) in [5, 5.41) is 7.78. The predicted octanol–water partition coefficient (Wildman–Crippen LogP) is 6.38. The zero-order valence-electron chi connectivity index (χ0n) is 26.1. The average Bonchev–Trinajstić information content (AvgIpc) is 3.32.